The summed E-state index contributed by atoms with van der Waals surface area (Å²) in [7, 11) is 1.93. The summed E-state index contributed by atoms with van der Waals surface area (Å²) in [4.78, 5) is 12.4. The number of aromatic nitrogens is 2. The van der Waals surface area contributed by atoms with Crippen LogP contribution in [-0.4, -0.2) is 15.7 Å². The third kappa shape index (κ3) is 2.81. The van der Waals surface area contributed by atoms with E-state index in [1.54, 1.807) is 6.07 Å². The van der Waals surface area contributed by atoms with Crippen molar-refractivity contribution in [2.24, 2.45) is 13.0 Å². The van der Waals surface area contributed by atoms with Crippen LogP contribution in [0.5, 0.6) is 0 Å². The fraction of sp³-hybridized carbons (Fsp3) is 0.375. The Kier molecular flexibility index (Phi) is 3.72. The average Bonchev–Trinajstić information content (AvgIpc) is 2.84. The van der Waals surface area contributed by atoms with Gasteiger partial charge in [0.1, 0.15) is 0 Å². The molecule has 0 aliphatic heterocycles. The molecule has 1 amide bonds. The minimum Gasteiger partial charge on any atom is -0.326 e. The second kappa shape index (κ2) is 5.53. The van der Waals surface area contributed by atoms with Crippen LogP contribution >= 0.6 is 11.6 Å². The van der Waals surface area contributed by atoms with E-state index in [-0.39, 0.29) is 11.8 Å². The molecule has 1 aromatic carbocycles. The number of anilines is 1. The molecule has 0 saturated carbocycles. The number of hydrogen-bond acceptors (Lipinski definition) is 2. The molecule has 1 unspecified atom stereocenters. The van der Waals surface area contributed by atoms with Crippen LogP contribution < -0.4 is 5.32 Å². The van der Waals surface area contributed by atoms with Gasteiger partial charge >= 0.3 is 0 Å². The van der Waals surface area contributed by atoms with E-state index >= 15 is 0 Å². The minimum absolute atomic E-state index is 0.00650. The SMILES string of the molecule is Cc1ccc(NC(=O)C2CCc3cnn(C)c3C2)cc1Cl. The lowest BCUT2D eigenvalue weighted by molar-refractivity contribution is -0.120. The van der Waals surface area contributed by atoms with Crippen LogP contribution in [-0.2, 0) is 24.7 Å². The number of nitrogens with one attached hydrogen (secondary N) is 1. The van der Waals surface area contributed by atoms with Crippen LogP contribution in [0.3, 0.4) is 0 Å². The van der Waals surface area contributed by atoms with Gasteiger partial charge in [-0.2, -0.15) is 5.10 Å². The molecule has 1 heterocycles. The zero-order chi connectivity index (χ0) is 15.0. The average molecular weight is 304 g/mol. The largest absolute Gasteiger partial charge is 0.326 e. The van der Waals surface area contributed by atoms with Crippen LogP contribution in [0.15, 0.2) is 24.4 Å². The quantitative estimate of drug-likeness (QED) is 0.926. The first kappa shape index (κ1) is 14.1. The molecule has 3 rings (SSSR count). The van der Waals surface area contributed by atoms with Gasteiger partial charge in [0, 0.05) is 35.8 Å². The van der Waals surface area contributed by atoms with Crippen LogP contribution in [0.25, 0.3) is 0 Å². The number of fused-ring (bicyclic) bond motifs is 1. The van der Waals surface area contributed by atoms with Crippen molar-refractivity contribution in [3.05, 3.63) is 46.2 Å². The van der Waals surface area contributed by atoms with Gasteiger partial charge in [-0.1, -0.05) is 17.7 Å². The van der Waals surface area contributed by atoms with Crippen LogP contribution in [0.1, 0.15) is 23.2 Å². The van der Waals surface area contributed by atoms with E-state index in [0.29, 0.717) is 5.02 Å². The second-order valence-corrected chi connectivity index (χ2v) is 6.04. The summed E-state index contributed by atoms with van der Waals surface area (Å²) < 4.78 is 1.87. The van der Waals surface area contributed by atoms with E-state index in [0.717, 1.165) is 30.5 Å². The zero-order valence-corrected chi connectivity index (χ0v) is 12.9. The summed E-state index contributed by atoms with van der Waals surface area (Å²) in [5.74, 6) is 0.0507. The molecule has 0 bridgehead atoms. The highest BCUT2D eigenvalue weighted by Crippen LogP contribution is 2.27. The Morgan fingerprint density at radius 2 is 2.29 bits per heavy atom. The van der Waals surface area contributed by atoms with Gasteiger partial charge in [0.25, 0.3) is 0 Å². The first-order chi connectivity index (χ1) is 10.0. The predicted octanol–water partition coefficient (Wildman–Crippen LogP) is 3.13. The molecule has 0 fully saturated rings. The number of nitrogens with zero attached hydrogens (tertiary/aromatic N) is 2. The van der Waals surface area contributed by atoms with Crippen molar-refractivity contribution in [1.29, 1.82) is 0 Å². The molecule has 0 saturated heterocycles. The van der Waals surface area contributed by atoms with E-state index in [1.165, 1.54) is 11.3 Å². The number of amides is 1. The Labute approximate surface area is 129 Å². The van der Waals surface area contributed by atoms with Gasteiger partial charge in [-0.15, -0.1) is 0 Å². The van der Waals surface area contributed by atoms with Gasteiger partial charge in [0.05, 0.1) is 6.20 Å². The molecule has 5 heteroatoms. The van der Waals surface area contributed by atoms with Crippen molar-refractivity contribution in [2.45, 2.75) is 26.2 Å². The smallest absolute Gasteiger partial charge is 0.227 e. The van der Waals surface area contributed by atoms with Gasteiger partial charge in [-0.25, -0.2) is 0 Å². The van der Waals surface area contributed by atoms with Crippen LogP contribution in [0, 0.1) is 12.8 Å². The number of hydrogen-bond donors (Lipinski definition) is 1. The number of benzene rings is 1. The summed E-state index contributed by atoms with van der Waals surface area (Å²) >= 11 is 6.09. The monoisotopic (exact) mass is 303 g/mol. The molecule has 21 heavy (non-hydrogen) atoms. The lowest BCUT2D eigenvalue weighted by Gasteiger charge is -2.22. The molecule has 1 aliphatic rings. The van der Waals surface area contributed by atoms with Gasteiger partial charge in [0.2, 0.25) is 5.91 Å². The van der Waals surface area contributed by atoms with Gasteiger partial charge in [0.15, 0.2) is 0 Å². The maximum atomic E-state index is 12.4. The highest BCUT2D eigenvalue weighted by molar-refractivity contribution is 6.31. The van der Waals surface area contributed by atoms with Crippen molar-refractivity contribution >= 4 is 23.2 Å². The normalized spacial score (nSPS) is 17.4. The van der Waals surface area contributed by atoms with Gasteiger partial charge in [-0.05, 0) is 43.0 Å². The Morgan fingerprint density at radius 3 is 3.05 bits per heavy atom. The fourth-order valence-corrected chi connectivity index (χ4v) is 2.96. The number of carbonyl (C=O) groups excluding carboxylic acids is 1. The van der Waals surface area contributed by atoms with Crippen LogP contribution in [0.4, 0.5) is 5.69 Å². The number of halogens is 1. The molecule has 1 N–H and O–H groups in total. The summed E-state index contributed by atoms with van der Waals surface area (Å²) in [5.41, 5.74) is 4.20. The third-order valence-electron chi connectivity index (χ3n) is 4.16. The Balaban J connectivity index is 1.72. The Morgan fingerprint density at radius 1 is 1.48 bits per heavy atom. The van der Waals surface area contributed by atoms with Crippen molar-refractivity contribution in [3.63, 3.8) is 0 Å². The minimum atomic E-state index is -0.00650. The Bertz CT molecular complexity index is 693. The summed E-state index contributed by atoms with van der Waals surface area (Å²) in [5, 5.41) is 7.91. The molecule has 110 valence electrons. The molecular weight excluding hydrogens is 286 g/mol. The fourth-order valence-electron chi connectivity index (χ4n) is 2.78. The lowest BCUT2D eigenvalue weighted by atomic mass is 9.87. The zero-order valence-electron chi connectivity index (χ0n) is 12.2. The first-order valence-electron chi connectivity index (χ1n) is 7.11. The molecule has 0 radical (unpaired) electrons. The van der Waals surface area contributed by atoms with E-state index in [9.17, 15) is 4.79 Å². The third-order valence-corrected chi connectivity index (χ3v) is 4.57. The standard InChI is InChI=1S/C16H18ClN3O/c1-10-3-6-13(8-14(10)17)19-16(21)11-4-5-12-9-18-20(2)15(12)7-11/h3,6,8-9,11H,4-5,7H2,1-2H3,(H,19,21). The molecule has 1 aliphatic carbocycles. The van der Waals surface area contributed by atoms with Crippen molar-refractivity contribution in [3.8, 4) is 0 Å². The molecular formula is C16H18ClN3O. The summed E-state index contributed by atoms with van der Waals surface area (Å²) in [6.07, 6.45) is 4.43. The van der Waals surface area contributed by atoms with E-state index in [1.807, 2.05) is 37.0 Å². The first-order valence-corrected chi connectivity index (χ1v) is 7.49. The molecule has 1 atom stereocenters. The summed E-state index contributed by atoms with van der Waals surface area (Å²) in [6.45, 7) is 1.94. The predicted molar refractivity (Wildman–Crippen MR) is 83.5 cm³/mol. The number of carbonyl (C=O) groups is 1. The van der Waals surface area contributed by atoms with E-state index < -0.39 is 0 Å². The van der Waals surface area contributed by atoms with Crippen LogP contribution in [0.2, 0.25) is 5.02 Å². The van der Waals surface area contributed by atoms with Crippen molar-refractivity contribution in [1.82, 2.24) is 9.78 Å². The second-order valence-electron chi connectivity index (χ2n) is 5.63. The molecule has 4 nitrogen and oxygen atoms in total. The van der Waals surface area contributed by atoms with Gasteiger partial charge in [-0.3, -0.25) is 9.48 Å². The number of aryl methyl sites for hydroxylation is 3. The van der Waals surface area contributed by atoms with Gasteiger partial charge < -0.3 is 5.32 Å². The lowest BCUT2D eigenvalue weighted by Crippen LogP contribution is -2.28. The van der Waals surface area contributed by atoms with Crippen molar-refractivity contribution in [2.75, 3.05) is 5.32 Å². The van der Waals surface area contributed by atoms with Crippen molar-refractivity contribution < 1.29 is 4.79 Å². The molecule has 1 aromatic heterocycles. The number of rotatable bonds is 2. The molecule has 2 aromatic rings. The molecule has 0 spiro atoms. The van der Waals surface area contributed by atoms with E-state index in [2.05, 4.69) is 10.4 Å². The Hall–Kier alpha value is -1.81. The highest BCUT2D eigenvalue weighted by atomic mass is 35.5. The van der Waals surface area contributed by atoms with E-state index in [4.69, 9.17) is 11.6 Å². The highest BCUT2D eigenvalue weighted by Gasteiger charge is 2.27. The summed E-state index contributed by atoms with van der Waals surface area (Å²) in [6, 6.07) is 5.60. The maximum Gasteiger partial charge on any atom is 0.227 e. The topological polar surface area (TPSA) is 46.9 Å². The maximum absolute atomic E-state index is 12.4.